The number of hydrogen-bond donors (Lipinski definition) is 0. The molecule has 0 aliphatic heterocycles. The van der Waals surface area contributed by atoms with Crippen molar-refractivity contribution < 1.29 is 0 Å². The molecule has 19 rings (SSSR count). The Balaban J connectivity index is 0.752. The van der Waals surface area contributed by atoms with Crippen LogP contribution in [0.15, 0.2) is 297 Å². The van der Waals surface area contributed by atoms with E-state index in [1.807, 2.05) is 22.7 Å². The normalized spacial score (nSPS) is 14.5. The highest BCUT2D eigenvalue weighted by atomic mass is 32.1. The van der Waals surface area contributed by atoms with E-state index in [0.717, 1.165) is 5.69 Å². The van der Waals surface area contributed by atoms with Gasteiger partial charge < -0.3 is 13.7 Å². The Hall–Kier alpha value is -10.8. The summed E-state index contributed by atoms with van der Waals surface area (Å²) in [6, 6.07) is 109. The lowest BCUT2D eigenvalue weighted by atomic mass is 9.78. The summed E-state index contributed by atoms with van der Waals surface area (Å²) in [4.78, 5) is 0. The van der Waals surface area contributed by atoms with Crippen molar-refractivity contribution in [2.24, 2.45) is 0 Å². The van der Waals surface area contributed by atoms with Crippen molar-refractivity contribution in [3.63, 3.8) is 0 Å². The lowest BCUT2D eigenvalue weighted by Gasteiger charge is -2.27. The summed E-state index contributed by atoms with van der Waals surface area (Å²) in [5.74, 6) is 0.471. The minimum absolute atomic E-state index is 0.0470. The smallest absolute Gasteiger partial charge is 0.0541 e. The van der Waals surface area contributed by atoms with Crippen molar-refractivity contribution >= 4 is 124 Å². The molecule has 0 fully saturated rings. The lowest BCUT2D eigenvalue weighted by Crippen LogP contribution is -2.12. The fraction of sp³-hybridized carbons (Fsp3) is 0.0575. The number of fused-ring (bicyclic) bond motifs is 15. The van der Waals surface area contributed by atoms with Gasteiger partial charge >= 0.3 is 0 Å². The van der Waals surface area contributed by atoms with Crippen molar-refractivity contribution in [2.75, 3.05) is 0 Å². The number of thiophene rings is 2. The molecule has 1 aliphatic rings. The van der Waals surface area contributed by atoms with Gasteiger partial charge in [-0.2, -0.15) is 0 Å². The minimum atomic E-state index is 0.0470. The molecule has 13 aromatic carbocycles. The molecule has 434 valence electrons. The largest absolute Gasteiger partial charge is 0.310 e. The van der Waals surface area contributed by atoms with Gasteiger partial charge in [-0.05, 0) is 165 Å². The second-order valence-corrected chi connectivity index (χ2v) is 27.2. The van der Waals surface area contributed by atoms with Crippen LogP contribution < -0.4 is 0 Å². The number of rotatable bonds is 9. The molecule has 5 heterocycles. The summed E-state index contributed by atoms with van der Waals surface area (Å²) in [6.45, 7) is 4.86. The van der Waals surface area contributed by atoms with Crippen LogP contribution in [0.3, 0.4) is 0 Å². The summed E-state index contributed by atoms with van der Waals surface area (Å²) < 4.78 is 12.7. The van der Waals surface area contributed by atoms with Crippen molar-refractivity contribution in [1.82, 2.24) is 13.7 Å². The summed E-state index contributed by atoms with van der Waals surface area (Å²) in [5.41, 5.74) is 23.6. The molecule has 5 heteroatoms. The Morgan fingerprint density at radius 3 is 1.68 bits per heavy atom. The Morgan fingerprint density at radius 1 is 0.326 bits per heavy atom. The summed E-state index contributed by atoms with van der Waals surface area (Å²) in [6.07, 6.45) is 4.86. The topological polar surface area (TPSA) is 14.8 Å². The van der Waals surface area contributed by atoms with Crippen LogP contribution in [-0.2, 0) is 0 Å². The van der Waals surface area contributed by atoms with E-state index in [-0.39, 0.29) is 17.8 Å². The number of benzene rings is 13. The van der Waals surface area contributed by atoms with Crippen molar-refractivity contribution in [3.8, 4) is 50.4 Å². The first-order valence-corrected chi connectivity index (χ1v) is 33.7. The van der Waals surface area contributed by atoms with E-state index < -0.39 is 0 Å². The number of para-hydroxylation sites is 4. The fourth-order valence-corrected chi connectivity index (χ4v) is 18.3. The van der Waals surface area contributed by atoms with E-state index in [2.05, 4.69) is 331 Å². The molecule has 0 saturated carbocycles. The van der Waals surface area contributed by atoms with Gasteiger partial charge in [0.1, 0.15) is 0 Å². The summed E-state index contributed by atoms with van der Waals surface area (Å²) in [5, 5.41) is 11.6. The van der Waals surface area contributed by atoms with Gasteiger partial charge in [0, 0.05) is 96.2 Å². The minimum Gasteiger partial charge on any atom is -0.310 e. The maximum absolute atomic E-state index is 2.52. The van der Waals surface area contributed by atoms with Crippen LogP contribution in [0.5, 0.6) is 0 Å². The Kier molecular flexibility index (Phi) is 12.0. The average Bonchev–Trinajstić information content (AvgIpc) is 1.58. The summed E-state index contributed by atoms with van der Waals surface area (Å²) >= 11 is 3.81. The summed E-state index contributed by atoms with van der Waals surface area (Å²) in [7, 11) is 0. The van der Waals surface area contributed by atoms with Gasteiger partial charge in [-0.1, -0.05) is 214 Å². The van der Waals surface area contributed by atoms with E-state index in [0.29, 0.717) is 0 Å². The second kappa shape index (κ2) is 20.9. The molecular formula is C87H59N3S2. The molecule has 0 N–H and O–H groups in total. The first-order valence-electron chi connectivity index (χ1n) is 32.1. The van der Waals surface area contributed by atoms with E-state index in [1.165, 1.54) is 168 Å². The van der Waals surface area contributed by atoms with E-state index in [1.54, 1.807) is 0 Å². The maximum atomic E-state index is 2.52. The first kappa shape index (κ1) is 53.1. The highest BCUT2D eigenvalue weighted by Crippen LogP contribution is 2.50. The van der Waals surface area contributed by atoms with E-state index in [9.17, 15) is 0 Å². The standard InChI is InChI=1S/C87H59N3S2/c1-53(73-51-60(89-77-32-15-11-26-67(77)68-27-12-16-33-78(68)89)39-42-66(73)65-25-10-9-24-64(65)55-20-5-3-6-21-55)63-30-19-31-71-70-41-36-57(50-85(70)92-87(63)71)56-37-44-80-74(48-56)75-49-58(38-45-81(75)90(80)61-40-47-84-76(52-61)69-28-14-18-35-83(69)91-84)62-43-46-82-86(54(62)2)72-29-13-17-34-79(72)88(82)59-22-7-4-8-23-59/h3-54,62H,1-2H3/t53-,54?,62?/m1/s1. The Bertz CT molecular complexity index is 6010. The van der Waals surface area contributed by atoms with Crippen LogP contribution in [0.2, 0.25) is 0 Å². The van der Waals surface area contributed by atoms with Crippen LogP contribution in [0.25, 0.3) is 151 Å². The van der Waals surface area contributed by atoms with Gasteiger partial charge in [0.2, 0.25) is 0 Å². The second-order valence-electron chi connectivity index (χ2n) is 25.1. The number of nitrogens with zero attached hydrogens (tertiary/aromatic N) is 3. The zero-order valence-corrected chi connectivity index (χ0v) is 52.4. The highest BCUT2D eigenvalue weighted by Gasteiger charge is 2.31. The predicted octanol–water partition coefficient (Wildman–Crippen LogP) is 24.6. The van der Waals surface area contributed by atoms with Crippen LogP contribution in [-0.4, -0.2) is 13.7 Å². The van der Waals surface area contributed by atoms with E-state index >= 15 is 0 Å². The van der Waals surface area contributed by atoms with Gasteiger partial charge in [-0.25, -0.2) is 0 Å². The van der Waals surface area contributed by atoms with Crippen LogP contribution in [0.1, 0.15) is 59.5 Å². The van der Waals surface area contributed by atoms with Crippen LogP contribution in [0, 0.1) is 0 Å². The van der Waals surface area contributed by atoms with E-state index in [4.69, 9.17) is 0 Å². The molecular weight excluding hydrogens is 1150 g/mol. The first-order chi connectivity index (χ1) is 45.5. The maximum Gasteiger partial charge on any atom is 0.0541 e. The number of allylic oxidation sites excluding steroid dienone is 1. The molecule has 2 unspecified atom stereocenters. The lowest BCUT2D eigenvalue weighted by molar-refractivity contribution is 0.672. The molecule has 0 saturated heterocycles. The van der Waals surface area contributed by atoms with Crippen LogP contribution in [0.4, 0.5) is 0 Å². The molecule has 0 spiro atoms. The van der Waals surface area contributed by atoms with Crippen molar-refractivity contribution in [1.29, 1.82) is 0 Å². The third-order valence-electron chi connectivity index (χ3n) is 20.2. The molecule has 1 aliphatic carbocycles. The Labute approximate surface area is 540 Å². The molecule has 18 aromatic rings. The molecule has 3 atom stereocenters. The number of hydrogen-bond acceptors (Lipinski definition) is 2. The van der Waals surface area contributed by atoms with Gasteiger partial charge in [0.25, 0.3) is 0 Å². The fourth-order valence-electron chi connectivity index (χ4n) is 15.9. The molecule has 92 heavy (non-hydrogen) atoms. The highest BCUT2D eigenvalue weighted by molar-refractivity contribution is 7.26. The van der Waals surface area contributed by atoms with Crippen molar-refractivity contribution in [3.05, 3.63) is 325 Å². The molecule has 3 nitrogen and oxygen atoms in total. The molecule has 0 amide bonds. The zero-order chi connectivity index (χ0) is 60.7. The van der Waals surface area contributed by atoms with Crippen LogP contribution >= 0.6 is 22.7 Å². The predicted molar refractivity (Wildman–Crippen MR) is 395 cm³/mol. The monoisotopic (exact) mass is 1210 g/mol. The molecule has 0 radical (unpaired) electrons. The third kappa shape index (κ3) is 8.12. The van der Waals surface area contributed by atoms with Gasteiger partial charge in [-0.15, -0.1) is 22.7 Å². The van der Waals surface area contributed by atoms with Crippen molar-refractivity contribution in [2.45, 2.75) is 31.6 Å². The average molecular weight is 1210 g/mol. The SMILES string of the molecule is CC1c2c(n(-c3ccccc3)c3ccccc23)C=CC1c1ccc2c(c1)c1cc(-c3ccc4c(c3)sc3c([C@@H](C)c5cc(-n6c7ccccc7c7ccccc76)ccc5-c5ccccc5-c5ccccc5)cccc34)ccc1n2-c1ccc2sc3ccccc3c2c1. The quantitative estimate of drug-likeness (QED) is 0.137. The van der Waals surface area contributed by atoms with Gasteiger partial charge in [0.05, 0.1) is 33.3 Å². The number of aromatic nitrogens is 3. The molecule has 5 aromatic heterocycles. The van der Waals surface area contributed by atoms with Gasteiger partial charge in [0.15, 0.2) is 0 Å². The molecule has 0 bridgehead atoms. The Morgan fingerprint density at radius 2 is 0.902 bits per heavy atom. The van der Waals surface area contributed by atoms with Gasteiger partial charge in [-0.3, -0.25) is 0 Å². The zero-order valence-electron chi connectivity index (χ0n) is 50.8. The third-order valence-corrected chi connectivity index (χ3v) is 22.6.